The van der Waals surface area contributed by atoms with Crippen LogP contribution in [0.4, 0.5) is 0 Å². The van der Waals surface area contributed by atoms with Crippen LogP contribution >= 0.6 is 0 Å². The fraction of sp³-hybridized carbons (Fsp3) is 0.500. The summed E-state index contributed by atoms with van der Waals surface area (Å²) in [6.07, 6.45) is 8.04. The summed E-state index contributed by atoms with van der Waals surface area (Å²) in [5, 5.41) is 0. The van der Waals surface area contributed by atoms with Crippen LogP contribution < -0.4 is 0 Å². The molecule has 0 amide bonds. The van der Waals surface area contributed by atoms with Crippen molar-refractivity contribution in [2.24, 2.45) is 0 Å². The molecule has 0 spiro atoms. The smallest absolute Gasteiger partial charge is 0.211 e. The number of hydrogen-bond donors (Lipinski definition) is 1. The van der Waals surface area contributed by atoms with E-state index in [1.54, 1.807) is 24.8 Å². The van der Waals surface area contributed by atoms with E-state index in [-0.39, 0.29) is 6.54 Å². The molecule has 2 heterocycles. The second kappa shape index (κ2) is 7.20. The fourth-order valence-corrected chi connectivity index (χ4v) is 1.85. The summed E-state index contributed by atoms with van der Waals surface area (Å²) in [4.78, 5) is 11.3. The maximum Gasteiger partial charge on any atom is 0.211 e. The Bertz CT molecular complexity index is 604. The highest BCUT2D eigenvalue weighted by molar-refractivity contribution is 7.88. The molecule has 20 heavy (non-hydrogen) atoms. The van der Waals surface area contributed by atoms with E-state index in [0.717, 1.165) is 5.82 Å². The molecule has 112 valence electrons. The molecular weight excluding hydrogens is 278 g/mol. The summed E-state index contributed by atoms with van der Waals surface area (Å²) in [7, 11) is -1.67. The van der Waals surface area contributed by atoms with Gasteiger partial charge in [-0.25, -0.2) is 18.4 Å². The normalized spacial score (nSPS) is 11.2. The lowest BCUT2D eigenvalue weighted by Crippen LogP contribution is -2.26. The summed E-state index contributed by atoms with van der Waals surface area (Å²) < 4.78 is 25.8. The summed E-state index contributed by atoms with van der Waals surface area (Å²) in [5.74, 6) is 1.48. The van der Waals surface area contributed by atoms with E-state index < -0.39 is 10.0 Å². The number of aromatic nitrogens is 4. The van der Waals surface area contributed by atoms with E-state index >= 15 is 0 Å². The Morgan fingerprint density at radius 2 is 2.00 bits per heavy atom. The zero-order valence-corrected chi connectivity index (χ0v) is 13.1. The highest BCUT2D eigenvalue weighted by Crippen LogP contribution is 2.06. The van der Waals surface area contributed by atoms with Gasteiger partial charge >= 0.3 is 0 Å². The SMILES string of the molecule is CC.CN(Cc1nccn1Cc1ncc[nH]1)S(C)(=O)=O. The van der Waals surface area contributed by atoms with Crippen molar-refractivity contribution in [1.29, 1.82) is 0 Å². The molecular formula is C12H21N5O2S. The minimum Gasteiger partial charge on any atom is -0.347 e. The number of H-pyrrole nitrogens is 1. The minimum atomic E-state index is -3.20. The first kappa shape index (κ1) is 16.4. The third-order valence-electron chi connectivity index (χ3n) is 2.61. The van der Waals surface area contributed by atoms with Gasteiger partial charge in [-0.05, 0) is 0 Å². The van der Waals surface area contributed by atoms with Crippen LogP contribution in [0.25, 0.3) is 0 Å². The van der Waals surface area contributed by atoms with Crippen molar-refractivity contribution in [2.45, 2.75) is 26.9 Å². The summed E-state index contributed by atoms with van der Waals surface area (Å²) >= 11 is 0. The zero-order valence-electron chi connectivity index (χ0n) is 12.2. The van der Waals surface area contributed by atoms with Crippen LogP contribution in [0.2, 0.25) is 0 Å². The Labute approximate surface area is 119 Å². The molecule has 8 heteroatoms. The van der Waals surface area contributed by atoms with Gasteiger partial charge in [0.25, 0.3) is 0 Å². The molecule has 0 aliphatic rings. The molecule has 1 N–H and O–H groups in total. The number of rotatable bonds is 5. The molecule has 0 saturated heterocycles. The zero-order chi connectivity index (χ0) is 15.2. The van der Waals surface area contributed by atoms with Gasteiger partial charge in [0, 0.05) is 31.8 Å². The Morgan fingerprint density at radius 1 is 1.30 bits per heavy atom. The molecule has 0 unspecified atom stereocenters. The summed E-state index contributed by atoms with van der Waals surface area (Å²) in [5.41, 5.74) is 0. The summed E-state index contributed by atoms with van der Waals surface area (Å²) in [6.45, 7) is 4.78. The first-order valence-electron chi connectivity index (χ1n) is 6.36. The van der Waals surface area contributed by atoms with E-state index in [1.807, 2.05) is 18.4 Å². The molecule has 2 aromatic heterocycles. The third kappa shape index (κ3) is 4.46. The van der Waals surface area contributed by atoms with Crippen molar-refractivity contribution in [3.05, 3.63) is 36.4 Å². The van der Waals surface area contributed by atoms with Gasteiger partial charge in [-0.3, -0.25) is 0 Å². The van der Waals surface area contributed by atoms with Crippen LogP contribution in [0.15, 0.2) is 24.8 Å². The quantitative estimate of drug-likeness (QED) is 0.895. The average molecular weight is 299 g/mol. The third-order valence-corrected chi connectivity index (χ3v) is 3.87. The average Bonchev–Trinajstić information content (AvgIpc) is 3.04. The fourth-order valence-electron chi connectivity index (χ4n) is 1.50. The van der Waals surface area contributed by atoms with E-state index in [4.69, 9.17) is 0 Å². The van der Waals surface area contributed by atoms with Crippen LogP contribution in [0, 0.1) is 0 Å². The van der Waals surface area contributed by atoms with E-state index in [2.05, 4.69) is 15.0 Å². The highest BCUT2D eigenvalue weighted by atomic mass is 32.2. The Morgan fingerprint density at radius 3 is 2.55 bits per heavy atom. The van der Waals surface area contributed by atoms with Crippen molar-refractivity contribution >= 4 is 10.0 Å². The number of aromatic amines is 1. The van der Waals surface area contributed by atoms with Crippen molar-refractivity contribution in [2.75, 3.05) is 13.3 Å². The van der Waals surface area contributed by atoms with Gasteiger partial charge in [0.1, 0.15) is 11.6 Å². The van der Waals surface area contributed by atoms with E-state index in [1.165, 1.54) is 17.6 Å². The van der Waals surface area contributed by atoms with Gasteiger partial charge in [0.2, 0.25) is 10.0 Å². The lowest BCUT2D eigenvalue weighted by molar-refractivity contribution is 0.452. The second-order valence-electron chi connectivity index (χ2n) is 4.03. The van der Waals surface area contributed by atoms with Gasteiger partial charge in [-0.15, -0.1) is 0 Å². The Kier molecular flexibility index (Phi) is 5.90. The van der Waals surface area contributed by atoms with E-state index in [0.29, 0.717) is 12.4 Å². The first-order chi connectivity index (χ1) is 9.47. The van der Waals surface area contributed by atoms with Crippen LogP contribution in [0.5, 0.6) is 0 Å². The molecule has 2 aromatic rings. The standard InChI is InChI=1S/C10H15N5O2S.C2H6/c1-14(18(2,16)17)8-10-13-5-6-15(10)7-9-11-3-4-12-9;1-2/h3-6H,7-8H2,1-2H3,(H,11,12);1-2H3. The van der Waals surface area contributed by atoms with Gasteiger partial charge in [-0.1, -0.05) is 13.8 Å². The lowest BCUT2D eigenvalue weighted by atomic mass is 10.5. The predicted molar refractivity (Wildman–Crippen MR) is 77.6 cm³/mol. The summed E-state index contributed by atoms with van der Waals surface area (Å²) in [6, 6.07) is 0. The Balaban J connectivity index is 0.000000956. The van der Waals surface area contributed by atoms with Crippen LogP contribution in [-0.4, -0.2) is 45.5 Å². The van der Waals surface area contributed by atoms with Crippen molar-refractivity contribution in [3.8, 4) is 0 Å². The molecule has 0 aliphatic heterocycles. The number of sulfonamides is 1. The number of nitrogens with one attached hydrogen (secondary N) is 1. The maximum atomic E-state index is 11.4. The van der Waals surface area contributed by atoms with Gasteiger partial charge in [0.05, 0.1) is 19.3 Å². The molecule has 0 radical (unpaired) electrons. The second-order valence-corrected chi connectivity index (χ2v) is 6.12. The number of nitrogens with zero attached hydrogens (tertiary/aromatic N) is 4. The molecule has 0 fully saturated rings. The molecule has 0 saturated carbocycles. The Hall–Kier alpha value is -1.67. The molecule has 0 aromatic carbocycles. The van der Waals surface area contributed by atoms with Crippen molar-refractivity contribution < 1.29 is 8.42 Å². The van der Waals surface area contributed by atoms with E-state index in [9.17, 15) is 8.42 Å². The van der Waals surface area contributed by atoms with Crippen molar-refractivity contribution in [3.63, 3.8) is 0 Å². The molecule has 0 aliphatic carbocycles. The van der Waals surface area contributed by atoms with Crippen LogP contribution in [0.1, 0.15) is 25.5 Å². The van der Waals surface area contributed by atoms with Gasteiger partial charge in [0.15, 0.2) is 0 Å². The monoisotopic (exact) mass is 299 g/mol. The minimum absolute atomic E-state index is 0.243. The molecule has 0 bridgehead atoms. The number of imidazole rings is 2. The van der Waals surface area contributed by atoms with Crippen LogP contribution in [-0.2, 0) is 23.1 Å². The van der Waals surface area contributed by atoms with Gasteiger partial charge < -0.3 is 9.55 Å². The first-order valence-corrected chi connectivity index (χ1v) is 8.21. The highest BCUT2D eigenvalue weighted by Gasteiger charge is 2.14. The van der Waals surface area contributed by atoms with Crippen molar-refractivity contribution in [1.82, 2.24) is 23.8 Å². The molecule has 2 rings (SSSR count). The van der Waals surface area contributed by atoms with Crippen LogP contribution in [0.3, 0.4) is 0 Å². The lowest BCUT2D eigenvalue weighted by Gasteiger charge is -2.14. The number of hydrogen-bond acceptors (Lipinski definition) is 4. The molecule has 7 nitrogen and oxygen atoms in total. The largest absolute Gasteiger partial charge is 0.347 e. The maximum absolute atomic E-state index is 11.4. The predicted octanol–water partition coefficient (Wildman–Crippen LogP) is 1.07. The molecule has 0 atom stereocenters. The van der Waals surface area contributed by atoms with Gasteiger partial charge in [-0.2, -0.15) is 4.31 Å². The topological polar surface area (TPSA) is 83.9 Å².